The zero-order valence-electron chi connectivity index (χ0n) is 12.3. The highest BCUT2D eigenvalue weighted by molar-refractivity contribution is 7.92. The summed E-state index contributed by atoms with van der Waals surface area (Å²) in [7, 11) is 1.94. The van der Waals surface area contributed by atoms with Crippen LogP contribution in [0.25, 0.3) is 0 Å². The second-order valence-electron chi connectivity index (χ2n) is 4.91. The molecule has 0 atom stereocenters. The van der Waals surface area contributed by atoms with Crippen LogP contribution in [-0.4, -0.2) is 34.5 Å². The van der Waals surface area contributed by atoms with E-state index in [1.807, 2.05) is 31.1 Å². The number of nitrogens with one attached hydrogen (secondary N) is 3. The molecule has 6 nitrogen and oxygen atoms in total. The van der Waals surface area contributed by atoms with Gasteiger partial charge in [-0.2, -0.15) is 0 Å². The van der Waals surface area contributed by atoms with Gasteiger partial charge in [-0.15, -0.1) is 0 Å². The topological polar surface area (TPSA) is 77.2 Å². The molecule has 114 valence electrons. The average molecular weight is 308 g/mol. The molecule has 0 spiro atoms. The Kier molecular flexibility index (Phi) is 4.54. The second kappa shape index (κ2) is 6.19. The Morgan fingerprint density at radius 1 is 1.24 bits per heavy atom. The van der Waals surface area contributed by atoms with Crippen LogP contribution in [0.5, 0.6) is 0 Å². The molecule has 7 heteroatoms. The summed E-state index contributed by atoms with van der Waals surface area (Å²) >= 11 is 0. The van der Waals surface area contributed by atoms with Gasteiger partial charge < -0.3 is 15.2 Å². The molecule has 2 aromatic rings. The standard InChI is InChI=1S/C14H20N4O2S/c1-15-9-11-8-12(10-16-11)21(19,20)17-13-6-4-5-7-14(13)18(2)3/h4-8,10,15-17H,9H2,1-3H3. The number of para-hydroxylation sites is 2. The minimum absolute atomic E-state index is 0.223. The summed E-state index contributed by atoms with van der Waals surface area (Å²) in [6.45, 7) is 0.587. The molecular formula is C14H20N4O2S. The molecule has 1 heterocycles. The highest BCUT2D eigenvalue weighted by Crippen LogP contribution is 2.26. The fourth-order valence-corrected chi connectivity index (χ4v) is 3.11. The van der Waals surface area contributed by atoms with Crippen molar-refractivity contribution in [3.8, 4) is 0 Å². The summed E-state index contributed by atoms with van der Waals surface area (Å²) in [5, 5.41) is 2.97. The maximum absolute atomic E-state index is 12.4. The third-order valence-electron chi connectivity index (χ3n) is 3.02. The Morgan fingerprint density at radius 3 is 2.62 bits per heavy atom. The van der Waals surface area contributed by atoms with Gasteiger partial charge in [-0.3, -0.25) is 4.72 Å². The second-order valence-corrected chi connectivity index (χ2v) is 6.59. The Bertz CT molecular complexity index is 707. The first-order chi connectivity index (χ1) is 9.94. The van der Waals surface area contributed by atoms with E-state index < -0.39 is 10.0 Å². The monoisotopic (exact) mass is 308 g/mol. The molecule has 21 heavy (non-hydrogen) atoms. The molecule has 0 saturated heterocycles. The van der Waals surface area contributed by atoms with E-state index in [1.54, 1.807) is 25.2 Å². The third kappa shape index (κ3) is 3.56. The van der Waals surface area contributed by atoms with Gasteiger partial charge in [0.2, 0.25) is 0 Å². The molecule has 0 aliphatic heterocycles. The van der Waals surface area contributed by atoms with Gasteiger partial charge in [0, 0.05) is 32.5 Å². The van der Waals surface area contributed by atoms with Gasteiger partial charge in [0.05, 0.1) is 11.4 Å². The van der Waals surface area contributed by atoms with Gasteiger partial charge in [-0.05, 0) is 25.2 Å². The lowest BCUT2D eigenvalue weighted by Crippen LogP contribution is -2.16. The molecule has 0 bridgehead atoms. The number of hydrogen-bond donors (Lipinski definition) is 3. The molecule has 1 aromatic carbocycles. The van der Waals surface area contributed by atoms with E-state index in [4.69, 9.17) is 0 Å². The largest absolute Gasteiger partial charge is 0.376 e. The molecule has 0 aliphatic carbocycles. The van der Waals surface area contributed by atoms with Gasteiger partial charge in [0.1, 0.15) is 4.90 Å². The molecule has 0 unspecified atom stereocenters. The van der Waals surface area contributed by atoms with Crippen LogP contribution in [-0.2, 0) is 16.6 Å². The van der Waals surface area contributed by atoms with Crippen molar-refractivity contribution in [2.75, 3.05) is 30.8 Å². The minimum Gasteiger partial charge on any atom is -0.376 e. The molecular weight excluding hydrogens is 288 g/mol. The van der Waals surface area contributed by atoms with Crippen LogP contribution < -0.4 is 14.9 Å². The Morgan fingerprint density at radius 2 is 1.95 bits per heavy atom. The van der Waals surface area contributed by atoms with Crippen molar-refractivity contribution < 1.29 is 8.42 Å². The van der Waals surface area contributed by atoms with Crippen molar-refractivity contribution in [2.45, 2.75) is 11.4 Å². The van der Waals surface area contributed by atoms with Crippen LogP contribution >= 0.6 is 0 Å². The van der Waals surface area contributed by atoms with Crippen LogP contribution in [0.3, 0.4) is 0 Å². The maximum atomic E-state index is 12.4. The number of rotatable bonds is 6. The fraction of sp³-hybridized carbons (Fsp3) is 0.286. The predicted molar refractivity (Wildman–Crippen MR) is 85.1 cm³/mol. The van der Waals surface area contributed by atoms with Crippen molar-refractivity contribution in [3.05, 3.63) is 42.2 Å². The summed E-state index contributed by atoms with van der Waals surface area (Å²) in [4.78, 5) is 5.03. The first kappa shape index (κ1) is 15.4. The zero-order valence-corrected chi connectivity index (χ0v) is 13.2. The normalized spacial score (nSPS) is 11.4. The Labute approximate surface area is 125 Å². The summed E-state index contributed by atoms with van der Waals surface area (Å²) in [6, 6.07) is 8.90. The molecule has 0 aliphatic rings. The number of aromatic nitrogens is 1. The van der Waals surface area contributed by atoms with Gasteiger partial charge >= 0.3 is 0 Å². The van der Waals surface area contributed by atoms with E-state index in [1.165, 1.54) is 6.20 Å². The summed E-state index contributed by atoms with van der Waals surface area (Å²) < 4.78 is 27.5. The Balaban J connectivity index is 2.29. The summed E-state index contributed by atoms with van der Waals surface area (Å²) in [5.74, 6) is 0. The number of benzene rings is 1. The maximum Gasteiger partial charge on any atom is 0.263 e. The van der Waals surface area contributed by atoms with Gasteiger partial charge in [0.15, 0.2) is 0 Å². The lowest BCUT2D eigenvalue weighted by atomic mass is 10.2. The quantitative estimate of drug-likeness (QED) is 0.757. The van der Waals surface area contributed by atoms with Gasteiger partial charge in [-0.1, -0.05) is 12.1 Å². The third-order valence-corrected chi connectivity index (χ3v) is 4.37. The summed E-state index contributed by atoms with van der Waals surface area (Å²) in [5.41, 5.74) is 2.18. The highest BCUT2D eigenvalue weighted by atomic mass is 32.2. The molecule has 0 saturated carbocycles. The van der Waals surface area contributed by atoms with Crippen molar-refractivity contribution in [2.24, 2.45) is 0 Å². The summed E-state index contributed by atoms with van der Waals surface area (Å²) in [6.07, 6.45) is 1.49. The van der Waals surface area contributed by atoms with Crippen molar-refractivity contribution in [3.63, 3.8) is 0 Å². The number of anilines is 2. The number of H-pyrrole nitrogens is 1. The molecule has 1 aromatic heterocycles. The van der Waals surface area contributed by atoms with Crippen molar-refractivity contribution in [1.82, 2.24) is 10.3 Å². The predicted octanol–water partition coefficient (Wildman–Crippen LogP) is 1.60. The van der Waals surface area contributed by atoms with Gasteiger partial charge in [0.25, 0.3) is 10.0 Å². The molecule has 0 fully saturated rings. The lowest BCUT2D eigenvalue weighted by molar-refractivity contribution is 0.601. The molecule has 2 rings (SSSR count). The first-order valence-electron chi connectivity index (χ1n) is 6.55. The van der Waals surface area contributed by atoms with Crippen LogP contribution in [0.1, 0.15) is 5.69 Å². The molecule has 0 amide bonds. The smallest absolute Gasteiger partial charge is 0.263 e. The van der Waals surface area contributed by atoms with E-state index in [0.29, 0.717) is 12.2 Å². The minimum atomic E-state index is -3.60. The van der Waals surface area contributed by atoms with E-state index in [-0.39, 0.29) is 4.90 Å². The Hall–Kier alpha value is -1.99. The van der Waals surface area contributed by atoms with E-state index in [0.717, 1.165) is 11.4 Å². The van der Waals surface area contributed by atoms with Gasteiger partial charge in [-0.25, -0.2) is 8.42 Å². The van der Waals surface area contributed by atoms with Crippen LogP contribution in [0.2, 0.25) is 0 Å². The average Bonchev–Trinajstić information content (AvgIpc) is 2.88. The molecule has 0 radical (unpaired) electrons. The SMILES string of the molecule is CNCc1cc(S(=O)(=O)Nc2ccccc2N(C)C)c[nH]1. The number of sulfonamides is 1. The van der Waals surface area contributed by atoms with Crippen molar-refractivity contribution in [1.29, 1.82) is 0 Å². The molecule has 3 N–H and O–H groups in total. The first-order valence-corrected chi connectivity index (χ1v) is 8.03. The zero-order chi connectivity index (χ0) is 15.5. The number of nitrogens with zero attached hydrogens (tertiary/aromatic N) is 1. The van der Waals surface area contributed by atoms with Crippen molar-refractivity contribution >= 4 is 21.4 Å². The van der Waals surface area contributed by atoms with E-state index in [9.17, 15) is 8.42 Å². The highest BCUT2D eigenvalue weighted by Gasteiger charge is 2.18. The number of hydrogen-bond acceptors (Lipinski definition) is 4. The van der Waals surface area contributed by atoms with Crippen LogP contribution in [0.4, 0.5) is 11.4 Å². The number of aromatic amines is 1. The fourth-order valence-electron chi connectivity index (χ4n) is 2.02. The van der Waals surface area contributed by atoms with Crippen LogP contribution in [0.15, 0.2) is 41.4 Å². The van der Waals surface area contributed by atoms with E-state index >= 15 is 0 Å². The van der Waals surface area contributed by atoms with Crippen LogP contribution in [0, 0.1) is 0 Å². The lowest BCUT2D eigenvalue weighted by Gasteiger charge is -2.18. The van der Waals surface area contributed by atoms with E-state index in [2.05, 4.69) is 15.0 Å².